The lowest BCUT2D eigenvalue weighted by atomic mass is 10.1. The van der Waals surface area contributed by atoms with Gasteiger partial charge in [0.25, 0.3) is 0 Å². The third-order valence-corrected chi connectivity index (χ3v) is 3.82. The Hall–Kier alpha value is -2.87. The summed E-state index contributed by atoms with van der Waals surface area (Å²) >= 11 is 0. The van der Waals surface area contributed by atoms with Gasteiger partial charge in [-0.25, -0.2) is 9.67 Å². The van der Waals surface area contributed by atoms with Gasteiger partial charge < -0.3 is 9.84 Å². The molecule has 0 aliphatic carbocycles. The first-order valence-electron chi connectivity index (χ1n) is 7.80. The van der Waals surface area contributed by atoms with Crippen LogP contribution >= 0.6 is 0 Å². The summed E-state index contributed by atoms with van der Waals surface area (Å²) in [6.45, 7) is 0.00696. The van der Waals surface area contributed by atoms with Crippen LogP contribution in [-0.2, 0) is 12.6 Å². The number of hydrogen-bond acceptors (Lipinski definition) is 4. The lowest BCUT2D eigenvalue weighted by molar-refractivity contribution is -0.141. The van der Waals surface area contributed by atoms with Crippen LogP contribution in [0.1, 0.15) is 11.3 Å². The minimum Gasteiger partial charge on any atom is -0.481 e. The topological polar surface area (TPSA) is 60.2 Å². The van der Waals surface area contributed by atoms with Crippen molar-refractivity contribution in [2.75, 3.05) is 13.7 Å². The van der Waals surface area contributed by atoms with Gasteiger partial charge in [0, 0.05) is 18.2 Å². The number of halogens is 3. The summed E-state index contributed by atoms with van der Waals surface area (Å²) in [5, 5.41) is 12.7. The zero-order chi connectivity index (χ0) is 18.7. The first kappa shape index (κ1) is 17.9. The standard InChI is InChI=1S/C18H16F3N3O2/c1-26-17-7-6-14(11-22-17)24-15(10-16(23-24)18(19,20)21)13-4-2-12(3-5-13)8-9-25/h2-7,10-11,25H,8-9H2,1H3. The molecule has 0 fully saturated rings. The maximum atomic E-state index is 13.2. The van der Waals surface area contributed by atoms with Crippen LogP contribution in [0.25, 0.3) is 16.9 Å². The van der Waals surface area contributed by atoms with E-state index in [1.807, 2.05) is 0 Å². The van der Waals surface area contributed by atoms with Gasteiger partial charge >= 0.3 is 6.18 Å². The molecule has 0 amide bonds. The first-order valence-corrected chi connectivity index (χ1v) is 7.80. The molecule has 2 heterocycles. The second kappa shape index (κ2) is 7.17. The van der Waals surface area contributed by atoms with Crippen LogP contribution in [0.3, 0.4) is 0 Å². The molecule has 0 bridgehead atoms. The Kier molecular flexibility index (Phi) is 4.94. The van der Waals surface area contributed by atoms with E-state index >= 15 is 0 Å². The SMILES string of the molecule is COc1ccc(-n2nc(C(F)(F)F)cc2-c2ccc(CCO)cc2)cn1. The van der Waals surface area contributed by atoms with Crippen LogP contribution in [0, 0.1) is 0 Å². The molecule has 3 rings (SSSR count). The fraction of sp³-hybridized carbons (Fsp3) is 0.222. The van der Waals surface area contributed by atoms with Gasteiger partial charge in [0.1, 0.15) is 0 Å². The Labute approximate surface area is 147 Å². The van der Waals surface area contributed by atoms with E-state index in [2.05, 4.69) is 10.1 Å². The van der Waals surface area contributed by atoms with E-state index in [1.165, 1.54) is 18.0 Å². The van der Waals surface area contributed by atoms with Crippen LogP contribution in [0.4, 0.5) is 13.2 Å². The normalized spacial score (nSPS) is 11.6. The highest BCUT2D eigenvalue weighted by molar-refractivity contribution is 5.63. The summed E-state index contributed by atoms with van der Waals surface area (Å²) in [5.41, 5.74) is 1.16. The number of alkyl halides is 3. The predicted molar refractivity (Wildman–Crippen MR) is 89.1 cm³/mol. The van der Waals surface area contributed by atoms with E-state index in [0.29, 0.717) is 29.2 Å². The van der Waals surface area contributed by atoms with Gasteiger partial charge in [-0.05, 0) is 24.1 Å². The molecule has 8 heteroatoms. The summed E-state index contributed by atoms with van der Waals surface area (Å²) in [6.07, 6.45) is -2.68. The molecule has 0 saturated carbocycles. The highest BCUT2D eigenvalue weighted by Crippen LogP contribution is 2.33. The Morgan fingerprint density at radius 1 is 1.12 bits per heavy atom. The summed E-state index contributed by atoms with van der Waals surface area (Å²) < 4.78 is 45.6. The molecule has 1 aromatic carbocycles. The molecular weight excluding hydrogens is 347 g/mol. The maximum Gasteiger partial charge on any atom is 0.435 e. The van der Waals surface area contributed by atoms with Crippen LogP contribution in [0.5, 0.6) is 5.88 Å². The van der Waals surface area contributed by atoms with Crippen LogP contribution in [-0.4, -0.2) is 33.6 Å². The lowest BCUT2D eigenvalue weighted by Gasteiger charge is -2.08. The zero-order valence-corrected chi connectivity index (χ0v) is 13.9. The number of ether oxygens (including phenoxy) is 1. The molecule has 5 nitrogen and oxygen atoms in total. The largest absolute Gasteiger partial charge is 0.481 e. The van der Waals surface area contributed by atoms with Gasteiger partial charge in [-0.2, -0.15) is 18.3 Å². The smallest absolute Gasteiger partial charge is 0.435 e. The third-order valence-electron chi connectivity index (χ3n) is 3.82. The molecule has 0 radical (unpaired) electrons. The fourth-order valence-corrected chi connectivity index (χ4v) is 2.51. The summed E-state index contributed by atoms with van der Waals surface area (Å²) in [6, 6.07) is 11.1. The Morgan fingerprint density at radius 3 is 2.38 bits per heavy atom. The van der Waals surface area contributed by atoms with Crippen molar-refractivity contribution in [3.8, 4) is 22.8 Å². The van der Waals surface area contributed by atoms with Crippen LogP contribution in [0.15, 0.2) is 48.7 Å². The van der Waals surface area contributed by atoms with Gasteiger partial charge in [-0.3, -0.25) is 0 Å². The summed E-state index contributed by atoms with van der Waals surface area (Å²) in [4.78, 5) is 4.03. The van der Waals surface area contributed by atoms with Crippen molar-refractivity contribution in [2.24, 2.45) is 0 Å². The number of benzene rings is 1. The fourth-order valence-electron chi connectivity index (χ4n) is 2.51. The van der Waals surface area contributed by atoms with Gasteiger partial charge in [-0.1, -0.05) is 24.3 Å². The Morgan fingerprint density at radius 2 is 1.85 bits per heavy atom. The minimum atomic E-state index is -4.56. The van der Waals surface area contributed by atoms with Crippen molar-refractivity contribution < 1.29 is 23.0 Å². The highest BCUT2D eigenvalue weighted by Gasteiger charge is 2.35. The number of aliphatic hydroxyl groups is 1. The number of nitrogens with zero attached hydrogens (tertiary/aromatic N) is 3. The maximum absolute atomic E-state index is 13.2. The molecular formula is C18H16F3N3O2. The number of hydrogen-bond donors (Lipinski definition) is 1. The summed E-state index contributed by atoms with van der Waals surface area (Å²) in [5.74, 6) is 0.354. The van der Waals surface area contributed by atoms with Gasteiger partial charge in [-0.15, -0.1) is 0 Å². The number of pyridine rings is 1. The van der Waals surface area contributed by atoms with Gasteiger partial charge in [0.15, 0.2) is 5.69 Å². The number of aromatic nitrogens is 3. The summed E-state index contributed by atoms with van der Waals surface area (Å²) in [7, 11) is 1.46. The van der Waals surface area contributed by atoms with Crippen molar-refractivity contribution >= 4 is 0 Å². The molecule has 1 N–H and O–H groups in total. The van der Waals surface area contributed by atoms with Gasteiger partial charge in [0.2, 0.25) is 5.88 Å². The van der Waals surface area contributed by atoms with Crippen molar-refractivity contribution in [2.45, 2.75) is 12.6 Å². The van der Waals surface area contributed by atoms with Crippen molar-refractivity contribution in [1.29, 1.82) is 0 Å². The Bertz CT molecular complexity index is 872. The van der Waals surface area contributed by atoms with E-state index in [1.54, 1.807) is 36.4 Å². The van der Waals surface area contributed by atoms with Gasteiger partial charge in [0.05, 0.1) is 24.7 Å². The minimum absolute atomic E-state index is 0.00696. The molecule has 136 valence electrons. The molecule has 0 spiro atoms. The second-order valence-corrected chi connectivity index (χ2v) is 5.55. The molecule has 2 aromatic heterocycles. The van der Waals surface area contributed by atoms with E-state index in [-0.39, 0.29) is 6.61 Å². The van der Waals surface area contributed by atoms with Crippen LogP contribution < -0.4 is 4.74 Å². The molecule has 0 aliphatic heterocycles. The number of rotatable bonds is 5. The average molecular weight is 363 g/mol. The van der Waals surface area contributed by atoms with Crippen molar-refractivity contribution in [3.63, 3.8) is 0 Å². The van der Waals surface area contributed by atoms with Crippen molar-refractivity contribution in [1.82, 2.24) is 14.8 Å². The van der Waals surface area contributed by atoms with E-state index in [4.69, 9.17) is 9.84 Å². The molecule has 0 atom stereocenters. The van der Waals surface area contributed by atoms with E-state index in [0.717, 1.165) is 11.6 Å². The quantitative estimate of drug-likeness (QED) is 0.754. The molecule has 0 unspecified atom stereocenters. The average Bonchev–Trinajstić information content (AvgIpc) is 3.08. The van der Waals surface area contributed by atoms with Crippen LogP contribution in [0.2, 0.25) is 0 Å². The van der Waals surface area contributed by atoms with Crippen molar-refractivity contribution in [3.05, 3.63) is 59.9 Å². The first-order chi connectivity index (χ1) is 12.4. The highest BCUT2D eigenvalue weighted by atomic mass is 19.4. The van der Waals surface area contributed by atoms with E-state index < -0.39 is 11.9 Å². The second-order valence-electron chi connectivity index (χ2n) is 5.55. The molecule has 3 aromatic rings. The Balaban J connectivity index is 2.08. The number of aliphatic hydroxyl groups excluding tert-OH is 1. The number of methoxy groups -OCH3 is 1. The van der Waals surface area contributed by atoms with E-state index in [9.17, 15) is 13.2 Å². The predicted octanol–water partition coefficient (Wildman–Crippen LogP) is 3.50. The molecule has 26 heavy (non-hydrogen) atoms. The molecule has 0 aliphatic rings. The zero-order valence-electron chi connectivity index (χ0n) is 13.9. The lowest BCUT2D eigenvalue weighted by Crippen LogP contribution is -2.07. The molecule has 0 saturated heterocycles. The third kappa shape index (κ3) is 3.70. The monoisotopic (exact) mass is 363 g/mol.